The lowest BCUT2D eigenvalue weighted by atomic mass is 10.0. The van der Waals surface area contributed by atoms with E-state index in [1.807, 2.05) is 42.5 Å². The van der Waals surface area contributed by atoms with Crippen LogP contribution in [0.5, 0.6) is 5.75 Å². The molecule has 27 heavy (non-hydrogen) atoms. The van der Waals surface area contributed by atoms with E-state index in [2.05, 4.69) is 16.3 Å². The molecule has 0 aromatic heterocycles. The summed E-state index contributed by atoms with van der Waals surface area (Å²) in [5.41, 5.74) is 2.06. The number of carbonyl (C=O) groups is 1. The standard InChI is InChI=1S/C22H27ClN2O2/c1-27-18-11-9-17(10-12-18)15-22(26)24-16-21(25-13-5-2-6-14-25)19-7-3-4-8-20(19)23/h3-4,7-12,21H,2,5-6,13-16H2,1H3,(H,24,26)/t21-/m0/s1. The Labute approximate surface area is 166 Å². The average molecular weight is 387 g/mol. The number of ether oxygens (including phenoxy) is 1. The number of piperidine rings is 1. The number of rotatable bonds is 7. The number of nitrogens with one attached hydrogen (secondary N) is 1. The van der Waals surface area contributed by atoms with Crippen LogP contribution >= 0.6 is 11.6 Å². The van der Waals surface area contributed by atoms with Gasteiger partial charge in [-0.15, -0.1) is 0 Å². The normalized spacial score (nSPS) is 15.9. The van der Waals surface area contributed by atoms with E-state index in [0.29, 0.717) is 13.0 Å². The topological polar surface area (TPSA) is 41.6 Å². The van der Waals surface area contributed by atoms with Gasteiger partial charge in [-0.3, -0.25) is 9.69 Å². The molecule has 1 fully saturated rings. The van der Waals surface area contributed by atoms with Gasteiger partial charge in [0.25, 0.3) is 0 Å². The van der Waals surface area contributed by atoms with E-state index < -0.39 is 0 Å². The lowest BCUT2D eigenvalue weighted by Gasteiger charge is -2.35. The molecule has 0 aliphatic carbocycles. The van der Waals surface area contributed by atoms with Crippen LogP contribution in [0.4, 0.5) is 0 Å². The molecule has 0 bridgehead atoms. The highest BCUT2D eigenvalue weighted by Gasteiger charge is 2.24. The van der Waals surface area contributed by atoms with Crippen LogP contribution in [-0.4, -0.2) is 37.6 Å². The number of likely N-dealkylation sites (tertiary alicyclic amines) is 1. The van der Waals surface area contributed by atoms with Crippen LogP contribution in [0.15, 0.2) is 48.5 Å². The number of methoxy groups -OCH3 is 1. The monoisotopic (exact) mass is 386 g/mol. The maximum Gasteiger partial charge on any atom is 0.224 e. The van der Waals surface area contributed by atoms with E-state index in [4.69, 9.17) is 16.3 Å². The first kappa shape index (κ1) is 19.7. The van der Waals surface area contributed by atoms with Crippen molar-refractivity contribution in [2.75, 3.05) is 26.7 Å². The van der Waals surface area contributed by atoms with Gasteiger partial charge in [-0.1, -0.05) is 48.4 Å². The van der Waals surface area contributed by atoms with Crippen LogP contribution in [0.1, 0.15) is 36.4 Å². The number of hydrogen-bond acceptors (Lipinski definition) is 3. The van der Waals surface area contributed by atoms with Crippen molar-refractivity contribution in [2.24, 2.45) is 0 Å². The minimum Gasteiger partial charge on any atom is -0.497 e. The molecule has 144 valence electrons. The molecule has 1 heterocycles. The van der Waals surface area contributed by atoms with Gasteiger partial charge in [-0.05, 0) is 55.3 Å². The summed E-state index contributed by atoms with van der Waals surface area (Å²) in [5.74, 6) is 0.817. The predicted octanol–water partition coefficient (Wildman–Crippen LogP) is 4.23. The molecule has 0 saturated carbocycles. The quantitative estimate of drug-likeness (QED) is 0.774. The van der Waals surface area contributed by atoms with Gasteiger partial charge in [-0.25, -0.2) is 0 Å². The molecule has 2 aromatic rings. The number of carbonyl (C=O) groups excluding carboxylic acids is 1. The number of benzene rings is 2. The smallest absolute Gasteiger partial charge is 0.224 e. The second-order valence-corrected chi connectivity index (χ2v) is 7.37. The third-order valence-electron chi connectivity index (χ3n) is 5.11. The second-order valence-electron chi connectivity index (χ2n) is 6.96. The zero-order chi connectivity index (χ0) is 19.1. The fourth-order valence-corrected chi connectivity index (χ4v) is 3.87. The number of amides is 1. The summed E-state index contributed by atoms with van der Waals surface area (Å²) >= 11 is 6.46. The van der Waals surface area contributed by atoms with Gasteiger partial charge in [-0.2, -0.15) is 0 Å². The van der Waals surface area contributed by atoms with Crippen LogP contribution in [0.25, 0.3) is 0 Å². The Balaban J connectivity index is 1.64. The number of nitrogens with zero attached hydrogens (tertiary/aromatic N) is 1. The van der Waals surface area contributed by atoms with Crippen molar-refractivity contribution in [2.45, 2.75) is 31.7 Å². The van der Waals surface area contributed by atoms with E-state index in [9.17, 15) is 4.79 Å². The van der Waals surface area contributed by atoms with Gasteiger partial charge in [0.1, 0.15) is 5.75 Å². The van der Waals surface area contributed by atoms with Gasteiger partial charge in [0.15, 0.2) is 0 Å². The van der Waals surface area contributed by atoms with Crippen LogP contribution in [0.2, 0.25) is 5.02 Å². The van der Waals surface area contributed by atoms with Crippen LogP contribution in [0, 0.1) is 0 Å². The molecule has 1 aliphatic rings. The fraction of sp³-hybridized carbons (Fsp3) is 0.409. The molecule has 1 saturated heterocycles. The molecule has 5 heteroatoms. The summed E-state index contributed by atoms with van der Waals surface area (Å²) < 4.78 is 5.16. The zero-order valence-electron chi connectivity index (χ0n) is 15.8. The molecule has 1 N–H and O–H groups in total. The summed E-state index contributed by atoms with van der Waals surface area (Å²) in [5, 5.41) is 3.87. The van der Waals surface area contributed by atoms with Crippen LogP contribution < -0.4 is 10.1 Å². The summed E-state index contributed by atoms with van der Waals surface area (Å²) in [7, 11) is 1.64. The average Bonchev–Trinajstić information content (AvgIpc) is 2.71. The number of halogens is 1. The molecular formula is C22H27ClN2O2. The van der Waals surface area contributed by atoms with Crippen molar-refractivity contribution in [3.05, 3.63) is 64.7 Å². The lowest BCUT2D eigenvalue weighted by Crippen LogP contribution is -2.41. The van der Waals surface area contributed by atoms with Crippen molar-refractivity contribution >= 4 is 17.5 Å². The Morgan fingerprint density at radius 2 is 1.81 bits per heavy atom. The fourth-order valence-electron chi connectivity index (χ4n) is 3.61. The molecule has 0 spiro atoms. The van der Waals surface area contributed by atoms with E-state index in [1.165, 1.54) is 19.3 Å². The maximum absolute atomic E-state index is 12.5. The highest BCUT2D eigenvalue weighted by atomic mass is 35.5. The molecule has 1 amide bonds. The van der Waals surface area contributed by atoms with Gasteiger partial charge >= 0.3 is 0 Å². The highest BCUT2D eigenvalue weighted by Crippen LogP contribution is 2.29. The Kier molecular flexibility index (Phi) is 7.13. The molecule has 2 aromatic carbocycles. The minimum atomic E-state index is 0.0224. The van der Waals surface area contributed by atoms with E-state index >= 15 is 0 Å². The first-order valence-corrected chi connectivity index (χ1v) is 9.93. The van der Waals surface area contributed by atoms with Crippen molar-refractivity contribution in [3.8, 4) is 5.75 Å². The van der Waals surface area contributed by atoms with Crippen molar-refractivity contribution in [1.29, 1.82) is 0 Å². The molecule has 4 nitrogen and oxygen atoms in total. The first-order chi connectivity index (χ1) is 13.2. The minimum absolute atomic E-state index is 0.0224. The van der Waals surface area contributed by atoms with E-state index in [0.717, 1.165) is 35.0 Å². The Morgan fingerprint density at radius 1 is 1.11 bits per heavy atom. The third kappa shape index (κ3) is 5.47. The molecule has 3 rings (SSSR count). The molecule has 1 atom stereocenters. The van der Waals surface area contributed by atoms with Crippen LogP contribution in [0.3, 0.4) is 0 Å². The van der Waals surface area contributed by atoms with Gasteiger partial charge in [0, 0.05) is 11.6 Å². The summed E-state index contributed by atoms with van der Waals surface area (Å²) in [6.07, 6.45) is 4.02. The summed E-state index contributed by atoms with van der Waals surface area (Å²) in [6.45, 7) is 2.66. The van der Waals surface area contributed by atoms with Gasteiger partial charge < -0.3 is 10.1 Å². The Bertz CT molecular complexity index is 742. The maximum atomic E-state index is 12.5. The molecule has 0 unspecified atom stereocenters. The first-order valence-electron chi connectivity index (χ1n) is 9.55. The third-order valence-corrected chi connectivity index (χ3v) is 5.46. The molecule has 0 radical (unpaired) electrons. The largest absolute Gasteiger partial charge is 0.497 e. The highest BCUT2D eigenvalue weighted by molar-refractivity contribution is 6.31. The molecular weight excluding hydrogens is 360 g/mol. The molecule has 1 aliphatic heterocycles. The Morgan fingerprint density at radius 3 is 2.48 bits per heavy atom. The second kappa shape index (κ2) is 9.77. The lowest BCUT2D eigenvalue weighted by molar-refractivity contribution is -0.120. The van der Waals surface area contributed by atoms with Gasteiger partial charge in [0.05, 0.1) is 19.6 Å². The van der Waals surface area contributed by atoms with Crippen molar-refractivity contribution in [3.63, 3.8) is 0 Å². The van der Waals surface area contributed by atoms with Gasteiger partial charge in [0.2, 0.25) is 5.91 Å². The Hall–Kier alpha value is -2.04. The van der Waals surface area contributed by atoms with E-state index in [1.54, 1.807) is 7.11 Å². The van der Waals surface area contributed by atoms with Crippen molar-refractivity contribution in [1.82, 2.24) is 10.2 Å². The van der Waals surface area contributed by atoms with Crippen LogP contribution in [-0.2, 0) is 11.2 Å². The zero-order valence-corrected chi connectivity index (χ0v) is 16.5. The van der Waals surface area contributed by atoms with Crippen molar-refractivity contribution < 1.29 is 9.53 Å². The predicted molar refractivity (Wildman–Crippen MR) is 109 cm³/mol. The summed E-state index contributed by atoms with van der Waals surface area (Å²) in [4.78, 5) is 14.9. The summed E-state index contributed by atoms with van der Waals surface area (Å²) in [6, 6.07) is 15.7. The number of hydrogen-bond donors (Lipinski definition) is 1. The SMILES string of the molecule is COc1ccc(CC(=O)NC[C@@H](c2ccccc2Cl)N2CCCCC2)cc1. The van der Waals surface area contributed by atoms with E-state index in [-0.39, 0.29) is 11.9 Å².